The molecule has 2 nitrogen and oxygen atoms in total. The molecule has 1 rings (SSSR count). The van der Waals surface area contributed by atoms with Crippen molar-refractivity contribution in [3.8, 4) is 0 Å². The number of hydrogen-bond donors (Lipinski definition) is 2. The van der Waals surface area contributed by atoms with Crippen LogP contribution >= 0.6 is 0 Å². The van der Waals surface area contributed by atoms with Gasteiger partial charge in [0.1, 0.15) is 11.6 Å². The summed E-state index contributed by atoms with van der Waals surface area (Å²) in [5.41, 5.74) is 0.115. The van der Waals surface area contributed by atoms with Gasteiger partial charge in [-0.25, -0.2) is 8.78 Å². The lowest BCUT2D eigenvalue weighted by atomic mass is 10.1. The van der Waals surface area contributed by atoms with Crippen LogP contribution in [0.25, 0.3) is 0 Å². The Bertz CT molecular complexity index is 328. The lowest BCUT2D eigenvalue weighted by Gasteiger charge is -2.14. The van der Waals surface area contributed by atoms with E-state index in [1.165, 1.54) is 6.07 Å². The van der Waals surface area contributed by atoms with Crippen LogP contribution in [0.5, 0.6) is 0 Å². The van der Waals surface area contributed by atoms with E-state index in [4.69, 9.17) is 0 Å². The Morgan fingerprint density at radius 1 is 1.33 bits per heavy atom. The van der Waals surface area contributed by atoms with Crippen molar-refractivity contribution in [2.45, 2.75) is 26.0 Å². The van der Waals surface area contributed by atoms with Crippen molar-refractivity contribution < 1.29 is 13.9 Å². The van der Waals surface area contributed by atoms with Gasteiger partial charge < -0.3 is 10.4 Å². The molecule has 0 fully saturated rings. The highest BCUT2D eigenvalue weighted by Crippen LogP contribution is 2.17. The molecule has 0 amide bonds. The molecule has 0 aliphatic carbocycles. The fraction of sp³-hybridized carbons (Fsp3) is 0.455. The molecule has 1 aromatic rings. The first-order valence-corrected chi connectivity index (χ1v) is 4.87. The molecule has 0 heterocycles. The molecule has 0 aromatic heterocycles. The molecule has 2 N–H and O–H groups in total. The van der Waals surface area contributed by atoms with Crippen molar-refractivity contribution in [1.29, 1.82) is 0 Å². The minimum Gasteiger partial charge on any atom is -0.387 e. The van der Waals surface area contributed by atoms with Crippen LogP contribution in [0.2, 0.25) is 0 Å². The predicted molar refractivity (Wildman–Crippen MR) is 54.5 cm³/mol. The highest BCUT2D eigenvalue weighted by atomic mass is 19.1. The SMILES string of the molecule is CC(C)NCC(O)c1ccc(F)cc1F. The molecular formula is C11H15F2NO. The van der Waals surface area contributed by atoms with Gasteiger partial charge in [-0.1, -0.05) is 19.9 Å². The van der Waals surface area contributed by atoms with Crippen LogP contribution in [-0.4, -0.2) is 17.7 Å². The predicted octanol–water partition coefficient (Wildman–Crippen LogP) is 2.00. The molecule has 0 radical (unpaired) electrons. The third-order valence-corrected chi connectivity index (χ3v) is 2.04. The topological polar surface area (TPSA) is 32.3 Å². The molecule has 0 saturated heterocycles. The first kappa shape index (κ1) is 12.1. The summed E-state index contributed by atoms with van der Waals surface area (Å²) >= 11 is 0. The van der Waals surface area contributed by atoms with E-state index in [2.05, 4.69) is 5.32 Å². The summed E-state index contributed by atoms with van der Waals surface area (Å²) in [5, 5.41) is 12.6. The summed E-state index contributed by atoms with van der Waals surface area (Å²) in [7, 11) is 0. The van der Waals surface area contributed by atoms with Crippen molar-refractivity contribution in [2.75, 3.05) is 6.54 Å². The standard InChI is InChI=1S/C11H15F2NO/c1-7(2)14-6-11(15)9-4-3-8(12)5-10(9)13/h3-5,7,11,14-15H,6H2,1-2H3. The zero-order valence-corrected chi connectivity index (χ0v) is 8.80. The van der Waals surface area contributed by atoms with E-state index in [1.807, 2.05) is 13.8 Å². The fourth-order valence-electron chi connectivity index (χ4n) is 1.23. The van der Waals surface area contributed by atoms with Gasteiger partial charge >= 0.3 is 0 Å². The maximum absolute atomic E-state index is 13.2. The second kappa shape index (κ2) is 5.19. The van der Waals surface area contributed by atoms with Crippen LogP contribution in [0.15, 0.2) is 18.2 Å². The van der Waals surface area contributed by atoms with E-state index in [1.54, 1.807) is 0 Å². The molecule has 1 unspecified atom stereocenters. The van der Waals surface area contributed by atoms with Gasteiger partial charge in [-0.3, -0.25) is 0 Å². The molecule has 15 heavy (non-hydrogen) atoms. The van der Waals surface area contributed by atoms with Crippen molar-refractivity contribution >= 4 is 0 Å². The van der Waals surface area contributed by atoms with Gasteiger partial charge in [-0.2, -0.15) is 0 Å². The third kappa shape index (κ3) is 3.57. The van der Waals surface area contributed by atoms with Gasteiger partial charge in [0.15, 0.2) is 0 Å². The Labute approximate surface area is 87.9 Å². The van der Waals surface area contributed by atoms with Crippen LogP contribution < -0.4 is 5.32 Å². The van der Waals surface area contributed by atoms with Gasteiger partial charge in [0, 0.05) is 24.2 Å². The van der Waals surface area contributed by atoms with Crippen LogP contribution in [0.3, 0.4) is 0 Å². The van der Waals surface area contributed by atoms with Gasteiger partial charge in [-0.05, 0) is 6.07 Å². The van der Waals surface area contributed by atoms with Gasteiger partial charge in [0.2, 0.25) is 0 Å². The third-order valence-electron chi connectivity index (χ3n) is 2.04. The van der Waals surface area contributed by atoms with Crippen molar-refractivity contribution in [2.24, 2.45) is 0 Å². The van der Waals surface area contributed by atoms with E-state index < -0.39 is 17.7 Å². The zero-order valence-electron chi connectivity index (χ0n) is 8.80. The quantitative estimate of drug-likeness (QED) is 0.805. The maximum Gasteiger partial charge on any atom is 0.131 e. The van der Waals surface area contributed by atoms with E-state index in [0.29, 0.717) is 0 Å². The molecule has 1 atom stereocenters. The molecule has 0 aliphatic heterocycles. The molecule has 0 aliphatic rings. The summed E-state index contributed by atoms with van der Waals surface area (Å²) in [6.45, 7) is 4.10. The average molecular weight is 215 g/mol. The first-order chi connectivity index (χ1) is 7.00. The molecule has 4 heteroatoms. The highest BCUT2D eigenvalue weighted by Gasteiger charge is 2.13. The smallest absolute Gasteiger partial charge is 0.131 e. The Morgan fingerprint density at radius 2 is 2.00 bits per heavy atom. The number of halogens is 2. The number of aliphatic hydroxyl groups is 1. The maximum atomic E-state index is 13.2. The zero-order chi connectivity index (χ0) is 11.4. The van der Waals surface area contributed by atoms with Crippen molar-refractivity contribution in [3.63, 3.8) is 0 Å². The van der Waals surface area contributed by atoms with Gasteiger partial charge in [0.25, 0.3) is 0 Å². The summed E-state index contributed by atoms with van der Waals surface area (Å²) < 4.78 is 25.8. The van der Waals surface area contributed by atoms with Crippen LogP contribution in [-0.2, 0) is 0 Å². The molecular weight excluding hydrogens is 200 g/mol. The van der Waals surface area contributed by atoms with Crippen LogP contribution in [0.1, 0.15) is 25.5 Å². The fourth-order valence-corrected chi connectivity index (χ4v) is 1.23. The normalized spacial score (nSPS) is 13.2. The Balaban J connectivity index is 2.69. The number of rotatable bonds is 4. The van der Waals surface area contributed by atoms with E-state index in [-0.39, 0.29) is 18.2 Å². The first-order valence-electron chi connectivity index (χ1n) is 4.87. The monoisotopic (exact) mass is 215 g/mol. The average Bonchev–Trinajstić information content (AvgIpc) is 2.14. The molecule has 0 bridgehead atoms. The van der Waals surface area contributed by atoms with E-state index in [9.17, 15) is 13.9 Å². The summed E-state index contributed by atoms with van der Waals surface area (Å²) in [6, 6.07) is 3.38. The summed E-state index contributed by atoms with van der Waals surface area (Å²) in [5.74, 6) is -1.35. The lowest BCUT2D eigenvalue weighted by Crippen LogP contribution is -2.28. The second-order valence-electron chi connectivity index (χ2n) is 3.74. The number of nitrogens with one attached hydrogen (secondary N) is 1. The number of hydrogen-bond acceptors (Lipinski definition) is 2. The number of benzene rings is 1. The van der Waals surface area contributed by atoms with Gasteiger partial charge in [-0.15, -0.1) is 0 Å². The summed E-state index contributed by atoms with van der Waals surface area (Å²) in [6.07, 6.45) is -0.951. The van der Waals surface area contributed by atoms with E-state index in [0.717, 1.165) is 12.1 Å². The largest absolute Gasteiger partial charge is 0.387 e. The highest BCUT2D eigenvalue weighted by molar-refractivity contribution is 5.21. The lowest BCUT2D eigenvalue weighted by molar-refractivity contribution is 0.167. The minimum absolute atomic E-state index is 0.115. The Kier molecular flexibility index (Phi) is 4.17. The van der Waals surface area contributed by atoms with Crippen LogP contribution in [0, 0.1) is 11.6 Å². The van der Waals surface area contributed by atoms with E-state index >= 15 is 0 Å². The molecule has 0 spiro atoms. The Hall–Kier alpha value is -1.00. The Morgan fingerprint density at radius 3 is 2.53 bits per heavy atom. The molecule has 84 valence electrons. The number of aliphatic hydroxyl groups excluding tert-OH is 1. The van der Waals surface area contributed by atoms with Gasteiger partial charge in [0.05, 0.1) is 6.10 Å². The minimum atomic E-state index is -0.951. The van der Waals surface area contributed by atoms with Crippen molar-refractivity contribution in [1.82, 2.24) is 5.32 Å². The molecule has 1 aromatic carbocycles. The second-order valence-corrected chi connectivity index (χ2v) is 3.74. The summed E-state index contributed by atoms with van der Waals surface area (Å²) in [4.78, 5) is 0. The molecule has 0 saturated carbocycles. The van der Waals surface area contributed by atoms with Crippen molar-refractivity contribution in [3.05, 3.63) is 35.4 Å². The van der Waals surface area contributed by atoms with Crippen LogP contribution in [0.4, 0.5) is 8.78 Å².